The molecule has 1 saturated heterocycles. The van der Waals surface area contributed by atoms with Gasteiger partial charge in [0.05, 0.1) is 23.8 Å². The van der Waals surface area contributed by atoms with Gasteiger partial charge in [0.2, 0.25) is 0 Å². The molecule has 0 unspecified atom stereocenters. The zero-order valence-corrected chi connectivity index (χ0v) is 18.0. The molecule has 0 bridgehead atoms. The Hall–Kier alpha value is -4.10. The summed E-state index contributed by atoms with van der Waals surface area (Å²) in [5.74, 6) is -0.675. The number of carboxylic acids is 1. The fraction of sp³-hybridized carbons (Fsp3) is 0.304. The van der Waals surface area contributed by atoms with Crippen LogP contribution in [0.5, 0.6) is 0 Å². The van der Waals surface area contributed by atoms with E-state index in [9.17, 15) is 9.90 Å². The summed E-state index contributed by atoms with van der Waals surface area (Å²) in [5, 5.41) is 24.7. The number of aromatic nitrogens is 4. The molecule has 0 aliphatic carbocycles. The van der Waals surface area contributed by atoms with Gasteiger partial charge in [-0.25, -0.2) is 24.7 Å². The number of carbonyl (C=O) groups is 1. The van der Waals surface area contributed by atoms with Gasteiger partial charge in [-0.15, -0.1) is 0 Å². The van der Waals surface area contributed by atoms with Crippen LogP contribution in [-0.2, 0) is 13.0 Å². The predicted molar refractivity (Wildman–Crippen MR) is 122 cm³/mol. The van der Waals surface area contributed by atoms with Crippen molar-refractivity contribution in [3.8, 4) is 17.3 Å². The summed E-state index contributed by atoms with van der Waals surface area (Å²) >= 11 is 0. The first kappa shape index (κ1) is 22.1. The van der Waals surface area contributed by atoms with Gasteiger partial charge in [-0.3, -0.25) is 0 Å². The predicted octanol–water partition coefficient (Wildman–Crippen LogP) is 2.38. The van der Waals surface area contributed by atoms with E-state index in [0.29, 0.717) is 18.4 Å². The van der Waals surface area contributed by atoms with Crippen molar-refractivity contribution in [2.75, 3.05) is 17.6 Å². The van der Waals surface area contributed by atoms with Crippen molar-refractivity contribution in [2.45, 2.75) is 38.3 Å². The van der Waals surface area contributed by atoms with Crippen LogP contribution in [0.15, 0.2) is 36.7 Å². The summed E-state index contributed by atoms with van der Waals surface area (Å²) in [7, 11) is 0. The summed E-state index contributed by atoms with van der Waals surface area (Å²) in [4.78, 5) is 28.3. The maximum absolute atomic E-state index is 11.4. The molecule has 0 radical (unpaired) electrons. The Balaban J connectivity index is 1.43. The van der Waals surface area contributed by atoms with E-state index < -0.39 is 5.97 Å². The van der Waals surface area contributed by atoms with Crippen LogP contribution < -0.4 is 16.4 Å². The average molecular weight is 444 g/mol. The maximum Gasteiger partial charge on any atom is 0.358 e. The highest BCUT2D eigenvalue weighted by Gasteiger charge is 2.16. The standard InChI is InChI=1S/C23H24N8O2/c24-10-17-12-29-22(20(30-17)23(32)33)28-11-14-3-5-15(6-4-14)19-13-27-21(25)18(31-19)8-7-16-2-1-9-26-16/h3-6,12-13,16,26H,1-2,7-9,11H2,(H2,25,27)(H,28,29)(H,32,33)/t16-/m0/s1. The fourth-order valence-electron chi connectivity index (χ4n) is 3.77. The monoisotopic (exact) mass is 444 g/mol. The minimum absolute atomic E-state index is 0.0502. The molecule has 168 valence electrons. The number of hydrogen-bond donors (Lipinski definition) is 4. The second-order valence-corrected chi connectivity index (χ2v) is 7.84. The number of aromatic carboxylic acids is 1. The minimum Gasteiger partial charge on any atom is -0.476 e. The van der Waals surface area contributed by atoms with E-state index >= 15 is 0 Å². The Kier molecular flexibility index (Phi) is 6.71. The maximum atomic E-state index is 11.4. The summed E-state index contributed by atoms with van der Waals surface area (Å²) in [6.07, 6.45) is 7.07. The number of nitrogen functional groups attached to an aromatic ring is 1. The van der Waals surface area contributed by atoms with E-state index in [2.05, 4.69) is 25.6 Å². The van der Waals surface area contributed by atoms with E-state index in [1.165, 1.54) is 19.0 Å². The van der Waals surface area contributed by atoms with Crippen LogP contribution >= 0.6 is 0 Å². The Labute approximate surface area is 190 Å². The molecule has 0 amide bonds. The van der Waals surface area contributed by atoms with Crippen molar-refractivity contribution in [3.05, 3.63) is 59.3 Å². The Bertz CT molecular complexity index is 1180. The van der Waals surface area contributed by atoms with Crippen LogP contribution in [0.25, 0.3) is 11.3 Å². The molecule has 33 heavy (non-hydrogen) atoms. The number of rotatable bonds is 8. The third-order valence-corrected chi connectivity index (χ3v) is 5.57. The smallest absolute Gasteiger partial charge is 0.358 e. The average Bonchev–Trinajstić information content (AvgIpc) is 3.36. The molecule has 0 saturated carbocycles. The molecule has 10 nitrogen and oxygen atoms in total. The van der Waals surface area contributed by atoms with Gasteiger partial charge in [0.15, 0.2) is 17.2 Å². The van der Waals surface area contributed by atoms with E-state index in [1.54, 1.807) is 12.3 Å². The molecule has 1 fully saturated rings. The first-order valence-electron chi connectivity index (χ1n) is 10.7. The molecule has 1 aromatic carbocycles. The van der Waals surface area contributed by atoms with Crippen molar-refractivity contribution >= 4 is 17.6 Å². The largest absolute Gasteiger partial charge is 0.476 e. The Morgan fingerprint density at radius 3 is 2.76 bits per heavy atom. The summed E-state index contributed by atoms with van der Waals surface area (Å²) in [5.41, 5.74) is 9.10. The van der Waals surface area contributed by atoms with Gasteiger partial charge in [0.25, 0.3) is 0 Å². The molecule has 1 aliphatic heterocycles. The number of nitrogens with two attached hydrogens (primary N) is 1. The Morgan fingerprint density at radius 1 is 1.24 bits per heavy atom. The van der Waals surface area contributed by atoms with Gasteiger partial charge >= 0.3 is 5.97 Å². The van der Waals surface area contributed by atoms with Crippen molar-refractivity contribution in [2.24, 2.45) is 0 Å². The van der Waals surface area contributed by atoms with E-state index in [-0.39, 0.29) is 17.2 Å². The number of nitriles is 1. The van der Waals surface area contributed by atoms with Crippen molar-refractivity contribution < 1.29 is 9.90 Å². The molecule has 5 N–H and O–H groups in total. The number of anilines is 2. The van der Waals surface area contributed by atoms with Gasteiger partial charge in [-0.05, 0) is 37.8 Å². The lowest BCUT2D eigenvalue weighted by molar-refractivity contribution is 0.0691. The van der Waals surface area contributed by atoms with Crippen LogP contribution in [-0.4, -0.2) is 43.6 Å². The summed E-state index contributed by atoms with van der Waals surface area (Å²) in [6.45, 7) is 1.41. The SMILES string of the molecule is N#Cc1cnc(NCc2ccc(-c3cnc(N)c(CC[C@@H]4CCCN4)n3)cc2)c(C(=O)O)n1. The van der Waals surface area contributed by atoms with Crippen molar-refractivity contribution in [3.63, 3.8) is 0 Å². The highest BCUT2D eigenvalue weighted by molar-refractivity contribution is 5.90. The first-order valence-corrected chi connectivity index (χ1v) is 10.7. The zero-order chi connectivity index (χ0) is 23.2. The molecule has 2 aromatic heterocycles. The minimum atomic E-state index is -1.25. The van der Waals surface area contributed by atoms with Gasteiger partial charge < -0.3 is 21.5 Å². The second-order valence-electron chi connectivity index (χ2n) is 7.84. The number of aryl methyl sites for hydroxylation is 1. The van der Waals surface area contributed by atoms with Crippen LogP contribution in [0.1, 0.15) is 46.7 Å². The molecule has 3 heterocycles. The normalized spacial score (nSPS) is 15.2. The number of nitrogens with zero attached hydrogens (tertiary/aromatic N) is 5. The van der Waals surface area contributed by atoms with E-state index in [0.717, 1.165) is 41.9 Å². The lowest BCUT2D eigenvalue weighted by Gasteiger charge is -2.12. The second kappa shape index (κ2) is 10.0. The molecule has 1 aliphatic rings. The number of nitrogens with one attached hydrogen (secondary N) is 2. The molecule has 3 aromatic rings. The van der Waals surface area contributed by atoms with Crippen LogP contribution in [0.2, 0.25) is 0 Å². The van der Waals surface area contributed by atoms with Gasteiger partial charge in [0.1, 0.15) is 11.9 Å². The quantitative estimate of drug-likeness (QED) is 0.405. The van der Waals surface area contributed by atoms with E-state index in [1.807, 2.05) is 24.3 Å². The third kappa shape index (κ3) is 5.39. The van der Waals surface area contributed by atoms with Crippen LogP contribution in [0, 0.1) is 11.3 Å². The van der Waals surface area contributed by atoms with E-state index in [4.69, 9.17) is 16.0 Å². The Morgan fingerprint density at radius 2 is 2.06 bits per heavy atom. The molecule has 1 atom stereocenters. The number of hydrogen-bond acceptors (Lipinski definition) is 9. The first-order chi connectivity index (χ1) is 16.0. The van der Waals surface area contributed by atoms with Crippen LogP contribution in [0.4, 0.5) is 11.6 Å². The molecular weight excluding hydrogens is 420 g/mol. The van der Waals surface area contributed by atoms with Crippen LogP contribution in [0.3, 0.4) is 0 Å². The topological polar surface area (TPSA) is 163 Å². The van der Waals surface area contributed by atoms with Crippen molar-refractivity contribution in [1.29, 1.82) is 5.26 Å². The highest BCUT2D eigenvalue weighted by atomic mass is 16.4. The lowest BCUT2D eigenvalue weighted by Crippen LogP contribution is -2.22. The number of carboxylic acid groups (broad SMARTS) is 1. The molecule has 10 heteroatoms. The zero-order valence-electron chi connectivity index (χ0n) is 18.0. The lowest BCUT2D eigenvalue weighted by atomic mass is 10.1. The van der Waals surface area contributed by atoms with Crippen molar-refractivity contribution in [1.82, 2.24) is 25.3 Å². The fourth-order valence-corrected chi connectivity index (χ4v) is 3.77. The third-order valence-electron chi connectivity index (χ3n) is 5.57. The van der Waals surface area contributed by atoms with Gasteiger partial charge in [-0.1, -0.05) is 24.3 Å². The highest BCUT2D eigenvalue weighted by Crippen LogP contribution is 2.21. The number of benzene rings is 1. The van der Waals surface area contributed by atoms with Gasteiger partial charge in [0, 0.05) is 18.2 Å². The van der Waals surface area contributed by atoms with Gasteiger partial charge in [-0.2, -0.15) is 5.26 Å². The summed E-state index contributed by atoms with van der Waals surface area (Å²) in [6, 6.07) is 10.0. The molecular formula is C23H24N8O2. The summed E-state index contributed by atoms with van der Waals surface area (Å²) < 4.78 is 0. The molecule has 4 rings (SSSR count). The molecule has 0 spiro atoms.